The molecule has 0 radical (unpaired) electrons. The van der Waals surface area contributed by atoms with E-state index in [1.807, 2.05) is 13.8 Å². The van der Waals surface area contributed by atoms with Crippen LogP contribution in [0.5, 0.6) is 0 Å². The third-order valence-corrected chi connectivity index (χ3v) is 3.50. The fourth-order valence-electron chi connectivity index (χ4n) is 1.94. The van der Waals surface area contributed by atoms with Gasteiger partial charge in [-0.05, 0) is 25.2 Å². The van der Waals surface area contributed by atoms with Gasteiger partial charge in [0, 0.05) is 0 Å². The molecule has 0 heterocycles. The quantitative estimate of drug-likeness (QED) is 0.600. The van der Waals surface area contributed by atoms with Crippen molar-refractivity contribution in [3.05, 3.63) is 0 Å². The van der Waals surface area contributed by atoms with Gasteiger partial charge in [-0.15, -0.1) is 0 Å². The molecule has 1 saturated carbocycles. The van der Waals surface area contributed by atoms with Crippen LogP contribution in [-0.2, 0) is 0 Å². The monoisotopic (exact) mass is 167 g/mol. The van der Waals surface area contributed by atoms with E-state index in [0.29, 0.717) is 0 Å². The van der Waals surface area contributed by atoms with E-state index in [0.717, 1.165) is 19.3 Å². The van der Waals surface area contributed by atoms with Gasteiger partial charge < -0.3 is 5.11 Å². The first-order valence-electron chi connectivity index (χ1n) is 4.54. The standard InChI is InChI=1S/C10H17NO/c1-9(2)6-4-5-8(7-11)10(9,3)12/h8,12H,4-6H2,1-3H3. The zero-order valence-corrected chi connectivity index (χ0v) is 8.09. The lowest BCUT2D eigenvalue weighted by Gasteiger charge is -2.46. The second kappa shape index (κ2) is 2.74. The van der Waals surface area contributed by atoms with Gasteiger partial charge in [0.1, 0.15) is 0 Å². The fourth-order valence-corrected chi connectivity index (χ4v) is 1.94. The fraction of sp³-hybridized carbons (Fsp3) is 0.900. The molecule has 0 aromatic carbocycles. The molecule has 2 nitrogen and oxygen atoms in total. The van der Waals surface area contributed by atoms with Crippen LogP contribution >= 0.6 is 0 Å². The average Bonchev–Trinajstić information content (AvgIpc) is 1.95. The highest BCUT2D eigenvalue weighted by atomic mass is 16.3. The van der Waals surface area contributed by atoms with E-state index in [1.165, 1.54) is 0 Å². The molecule has 1 aliphatic rings. The van der Waals surface area contributed by atoms with E-state index in [-0.39, 0.29) is 11.3 Å². The maximum absolute atomic E-state index is 10.1. The number of nitriles is 1. The molecular formula is C10H17NO. The normalized spacial score (nSPS) is 40.4. The summed E-state index contributed by atoms with van der Waals surface area (Å²) in [7, 11) is 0. The van der Waals surface area contributed by atoms with Crippen LogP contribution < -0.4 is 0 Å². The topological polar surface area (TPSA) is 44.0 Å². The van der Waals surface area contributed by atoms with Crippen LogP contribution in [0, 0.1) is 22.7 Å². The molecule has 2 unspecified atom stereocenters. The lowest BCUT2D eigenvalue weighted by Crippen LogP contribution is -2.50. The van der Waals surface area contributed by atoms with Crippen molar-refractivity contribution >= 4 is 0 Å². The van der Waals surface area contributed by atoms with Crippen LogP contribution in [0.4, 0.5) is 0 Å². The molecule has 0 saturated heterocycles. The second-order valence-electron chi connectivity index (χ2n) is 4.61. The Bertz CT molecular complexity index is 212. The minimum absolute atomic E-state index is 0.119. The Morgan fingerprint density at radius 3 is 2.42 bits per heavy atom. The van der Waals surface area contributed by atoms with Gasteiger partial charge in [0.05, 0.1) is 17.6 Å². The van der Waals surface area contributed by atoms with Crippen molar-refractivity contribution in [3.8, 4) is 6.07 Å². The Labute approximate surface area is 74.2 Å². The molecule has 0 amide bonds. The summed E-state index contributed by atoms with van der Waals surface area (Å²) in [6.07, 6.45) is 2.91. The van der Waals surface area contributed by atoms with Gasteiger partial charge in [-0.2, -0.15) is 5.26 Å². The zero-order chi connectivity index (χ0) is 9.41. The molecule has 12 heavy (non-hydrogen) atoms. The third-order valence-electron chi connectivity index (χ3n) is 3.50. The predicted octanol–water partition coefficient (Wildman–Crippen LogP) is 2.09. The Morgan fingerprint density at radius 1 is 1.42 bits per heavy atom. The predicted molar refractivity (Wildman–Crippen MR) is 47.4 cm³/mol. The summed E-state index contributed by atoms with van der Waals surface area (Å²) < 4.78 is 0. The van der Waals surface area contributed by atoms with Crippen molar-refractivity contribution in [2.45, 2.75) is 45.6 Å². The molecule has 0 aromatic heterocycles. The van der Waals surface area contributed by atoms with Crippen molar-refractivity contribution in [3.63, 3.8) is 0 Å². The first-order chi connectivity index (χ1) is 5.42. The van der Waals surface area contributed by atoms with Crippen molar-refractivity contribution in [1.82, 2.24) is 0 Å². The summed E-state index contributed by atoms with van der Waals surface area (Å²) in [4.78, 5) is 0. The lowest BCUT2D eigenvalue weighted by molar-refractivity contribution is -0.107. The maximum Gasteiger partial charge on any atom is 0.0827 e. The summed E-state index contributed by atoms with van der Waals surface area (Å²) in [6, 6.07) is 2.20. The molecule has 2 heteroatoms. The van der Waals surface area contributed by atoms with E-state index < -0.39 is 5.60 Å². The van der Waals surface area contributed by atoms with Crippen LogP contribution in [0.2, 0.25) is 0 Å². The molecule has 0 aromatic rings. The van der Waals surface area contributed by atoms with Crippen LogP contribution in [0.15, 0.2) is 0 Å². The summed E-state index contributed by atoms with van der Waals surface area (Å²) in [5, 5.41) is 19.0. The summed E-state index contributed by atoms with van der Waals surface area (Å²) >= 11 is 0. The Hall–Kier alpha value is -0.550. The van der Waals surface area contributed by atoms with Crippen LogP contribution in [0.3, 0.4) is 0 Å². The van der Waals surface area contributed by atoms with Gasteiger partial charge >= 0.3 is 0 Å². The number of aliphatic hydroxyl groups is 1. The SMILES string of the molecule is CC1(C)CCCC(C#N)C1(C)O. The van der Waals surface area contributed by atoms with Crippen molar-refractivity contribution in [2.75, 3.05) is 0 Å². The molecule has 2 atom stereocenters. The molecule has 0 bridgehead atoms. The van der Waals surface area contributed by atoms with E-state index in [9.17, 15) is 5.11 Å². The third kappa shape index (κ3) is 1.23. The molecule has 0 spiro atoms. The Kier molecular flexibility index (Phi) is 2.18. The molecule has 0 aliphatic heterocycles. The molecule has 68 valence electrons. The highest BCUT2D eigenvalue weighted by molar-refractivity contribution is 5.06. The smallest absolute Gasteiger partial charge is 0.0827 e. The van der Waals surface area contributed by atoms with Crippen molar-refractivity contribution in [2.24, 2.45) is 11.3 Å². The van der Waals surface area contributed by atoms with Crippen LogP contribution in [0.25, 0.3) is 0 Å². The van der Waals surface area contributed by atoms with Gasteiger partial charge in [0.15, 0.2) is 0 Å². The first kappa shape index (κ1) is 9.54. The second-order valence-corrected chi connectivity index (χ2v) is 4.61. The van der Waals surface area contributed by atoms with Gasteiger partial charge in [-0.3, -0.25) is 0 Å². The highest BCUT2D eigenvalue weighted by Gasteiger charge is 2.47. The molecule has 1 fully saturated rings. The summed E-state index contributed by atoms with van der Waals surface area (Å²) in [5.41, 5.74) is -0.939. The van der Waals surface area contributed by atoms with Gasteiger partial charge in [-0.1, -0.05) is 20.3 Å². The summed E-state index contributed by atoms with van der Waals surface area (Å²) in [5.74, 6) is -0.193. The Balaban J connectivity index is 2.91. The highest BCUT2D eigenvalue weighted by Crippen LogP contribution is 2.46. The lowest BCUT2D eigenvalue weighted by atomic mass is 9.61. The van der Waals surface area contributed by atoms with E-state index in [2.05, 4.69) is 6.07 Å². The van der Waals surface area contributed by atoms with Crippen molar-refractivity contribution < 1.29 is 5.11 Å². The number of hydrogen-bond donors (Lipinski definition) is 1. The average molecular weight is 167 g/mol. The summed E-state index contributed by atoms with van der Waals surface area (Å²) in [6.45, 7) is 5.87. The molecule has 1 aliphatic carbocycles. The minimum atomic E-state index is -0.819. The van der Waals surface area contributed by atoms with Crippen molar-refractivity contribution in [1.29, 1.82) is 5.26 Å². The maximum atomic E-state index is 10.1. The number of nitrogens with zero attached hydrogens (tertiary/aromatic N) is 1. The number of rotatable bonds is 0. The van der Waals surface area contributed by atoms with Gasteiger partial charge in [0.2, 0.25) is 0 Å². The van der Waals surface area contributed by atoms with Gasteiger partial charge in [0.25, 0.3) is 0 Å². The zero-order valence-electron chi connectivity index (χ0n) is 8.09. The first-order valence-corrected chi connectivity index (χ1v) is 4.54. The van der Waals surface area contributed by atoms with E-state index in [4.69, 9.17) is 5.26 Å². The van der Waals surface area contributed by atoms with Gasteiger partial charge in [-0.25, -0.2) is 0 Å². The van der Waals surface area contributed by atoms with E-state index >= 15 is 0 Å². The Morgan fingerprint density at radius 2 is 2.00 bits per heavy atom. The minimum Gasteiger partial charge on any atom is -0.388 e. The van der Waals surface area contributed by atoms with Crippen LogP contribution in [-0.4, -0.2) is 10.7 Å². The number of hydrogen-bond acceptors (Lipinski definition) is 2. The van der Waals surface area contributed by atoms with E-state index in [1.54, 1.807) is 6.92 Å². The molecular weight excluding hydrogens is 150 g/mol. The largest absolute Gasteiger partial charge is 0.388 e. The molecule has 1 N–H and O–H groups in total. The van der Waals surface area contributed by atoms with Crippen LogP contribution in [0.1, 0.15) is 40.0 Å². The molecule has 1 rings (SSSR count).